The number of hydrogen-bond acceptors (Lipinski definition) is 5. The van der Waals surface area contributed by atoms with Crippen LogP contribution in [0.5, 0.6) is 17.2 Å². The van der Waals surface area contributed by atoms with Crippen LogP contribution in [-0.4, -0.2) is 44.2 Å². The number of piperidine rings is 1. The Bertz CT molecular complexity index is 1580. The first kappa shape index (κ1) is 29.3. The van der Waals surface area contributed by atoms with Gasteiger partial charge in [0.1, 0.15) is 22.7 Å². The second kappa shape index (κ2) is 13.6. The quantitative estimate of drug-likeness (QED) is 0.208. The molecule has 0 bridgehead atoms. The van der Waals surface area contributed by atoms with Crippen LogP contribution in [-0.2, 0) is 27.6 Å². The van der Waals surface area contributed by atoms with Gasteiger partial charge >= 0.3 is 21.1 Å². The van der Waals surface area contributed by atoms with Crippen molar-refractivity contribution in [3.8, 4) is 28.5 Å². The molecule has 1 saturated heterocycles. The summed E-state index contributed by atoms with van der Waals surface area (Å²) in [6, 6.07) is 30.6. The second-order valence-electron chi connectivity index (χ2n) is 9.75. The molecule has 1 fully saturated rings. The van der Waals surface area contributed by atoms with E-state index in [4.69, 9.17) is 9.73 Å². The topological polar surface area (TPSA) is 78.2 Å². The van der Waals surface area contributed by atoms with Crippen molar-refractivity contribution in [1.29, 1.82) is 0 Å². The fraction of sp³-hybridized carbons (Fsp3) is 0.219. The van der Waals surface area contributed by atoms with Gasteiger partial charge in [-0.15, -0.1) is 6.20 Å². The average molecular weight is 703 g/mol. The zero-order chi connectivity index (χ0) is 25.7. The number of aromatic hydroxyl groups is 1. The Morgan fingerprint density at radius 2 is 1.75 bits per heavy atom. The van der Waals surface area contributed by atoms with Crippen molar-refractivity contribution < 1.29 is 30.9 Å². The number of likely N-dealkylation sites (tertiary alicyclic amines) is 1. The number of aromatic amines is 1. The molecule has 0 spiro atoms. The third kappa shape index (κ3) is 6.90. The Kier molecular flexibility index (Phi) is 9.97. The molecule has 8 heteroatoms. The number of ether oxygens (including phenoxy) is 1. The van der Waals surface area contributed by atoms with Crippen LogP contribution in [0.1, 0.15) is 18.4 Å². The van der Waals surface area contributed by atoms with Gasteiger partial charge in [-0.25, -0.2) is 9.61 Å². The first-order valence-corrected chi connectivity index (χ1v) is 13.0. The van der Waals surface area contributed by atoms with E-state index in [2.05, 4.69) is 33.2 Å². The number of rotatable bonds is 7. The molecule has 3 heterocycles. The van der Waals surface area contributed by atoms with Gasteiger partial charge in [-0.05, 0) is 72.9 Å². The maximum Gasteiger partial charge on any atom is 2.00 e. The van der Waals surface area contributed by atoms with Crippen LogP contribution in [0.25, 0.3) is 16.9 Å². The number of aromatic nitrogens is 3. The molecule has 2 N–H and O–H groups in total. The zero-order valence-electron chi connectivity index (χ0n) is 22.5. The Labute approximate surface area is 249 Å². The van der Waals surface area contributed by atoms with Crippen LogP contribution >= 0.6 is 0 Å². The standard InChI is InChI=1S/C31H30N5O2.CH3.W/c37-29-11-5-4-10-27(29)28-19-31(36-30(34-28)16-17-33-36)32-20-24-7-6-18-35(22-24)21-23-12-14-26(15-13-23)38-25-8-2-1-3-9-25;;/h1-5,8-15,17,19,24,34,37H,6-7,18,20-22H2;1H3;/q2*-1;+2. The smallest absolute Gasteiger partial charge is 0.507 e. The summed E-state index contributed by atoms with van der Waals surface area (Å²) < 4.78 is 7.70. The van der Waals surface area contributed by atoms with E-state index in [0.717, 1.165) is 72.9 Å². The van der Waals surface area contributed by atoms with Gasteiger partial charge in [-0.3, -0.25) is 9.89 Å². The molecule has 0 radical (unpaired) electrons. The van der Waals surface area contributed by atoms with Crippen molar-refractivity contribution in [2.75, 3.05) is 19.6 Å². The monoisotopic (exact) mass is 703 g/mol. The van der Waals surface area contributed by atoms with Crippen LogP contribution in [0.4, 0.5) is 0 Å². The van der Waals surface area contributed by atoms with Crippen LogP contribution in [0.15, 0.2) is 96.1 Å². The van der Waals surface area contributed by atoms with Crippen LogP contribution in [0.3, 0.4) is 0 Å². The molecule has 1 unspecified atom stereocenters. The Morgan fingerprint density at radius 1 is 1.00 bits per heavy atom. The van der Waals surface area contributed by atoms with Gasteiger partial charge in [-0.1, -0.05) is 42.5 Å². The molecule has 0 saturated carbocycles. The number of phenols is 1. The molecule has 7 nitrogen and oxygen atoms in total. The SMILES string of the molecule is Oc1ccccc1-c1cc(=NCC2CCCN(Cc3ccc(Oc4ccccc4)cc3)C2)n2nc[c-]c2[nH]1.[CH3-].[W+2]. The summed E-state index contributed by atoms with van der Waals surface area (Å²) in [5, 5.41) is 14.7. The molecule has 0 amide bonds. The minimum Gasteiger partial charge on any atom is -0.507 e. The molecule has 0 aliphatic carbocycles. The second-order valence-corrected chi connectivity index (χ2v) is 9.75. The average Bonchev–Trinajstić information content (AvgIpc) is 3.43. The van der Waals surface area contributed by atoms with Crippen LogP contribution in [0, 0.1) is 19.4 Å². The maximum absolute atomic E-state index is 10.3. The molecule has 1 aliphatic rings. The summed E-state index contributed by atoms with van der Waals surface area (Å²) in [6.45, 7) is 3.73. The first-order valence-electron chi connectivity index (χ1n) is 13.0. The molecule has 5 aromatic rings. The molecule has 6 rings (SSSR count). The van der Waals surface area contributed by atoms with E-state index in [1.165, 1.54) is 5.56 Å². The van der Waals surface area contributed by atoms with Crippen molar-refractivity contribution in [3.63, 3.8) is 0 Å². The van der Waals surface area contributed by atoms with Gasteiger partial charge in [0.2, 0.25) is 0 Å². The number of para-hydroxylation sites is 2. The molecule has 2 aromatic heterocycles. The zero-order valence-corrected chi connectivity index (χ0v) is 25.5. The fourth-order valence-electron chi connectivity index (χ4n) is 5.05. The number of H-pyrrole nitrogens is 1. The molecular formula is C32H33N5O2W. The number of nitrogens with one attached hydrogen (secondary N) is 1. The van der Waals surface area contributed by atoms with E-state index in [1.807, 2.05) is 66.7 Å². The largest absolute Gasteiger partial charge is 2.00 e. The van der Waals surface area contributed by atoms with Crippen molar-refractivity contribution in [3.05, 3.63) is 116 Å². The van der Waals surface area contributed by atoms with Crippen LogP contribution in [0.2, 0.25) is 0 Å². The van der Waals surface area contributed by atoms with Gasteiger partial charge in [0.25, 0.3) is 0 Å². The van der Waals surface area contributed by atoms with E-state index < -0.39 is 0 Å². The molecule has 40 heavy (non-hydrogen) atoms. The van der Waals surface area contributed by atoms with Gasteiger partial charge in [-0.2, -0.15) is 0 Å². The van der Waals surface area contributed by atoms with Crippen LogP contribution < -0.4 is 10.2 Å². The van der Waals surface area contributed by atoms with Gasteiger partial charge in [0, 0.05) is 31.3 Å². The minimum absolute atomic E-state index is 0. The first-order chi connectivity index (χ1) is 18.7. The van der Waals surface area contributed by atoms with E-state index in [1.54, 1.807) is 16.8 Å². The third-order valence-electron chi connectivity index (χ3n) is 6.95. The van der Waals surface area contributed by atoms with E-state index in [-0.39, 0.29) is 34.2 Å². The van der Waals surface area contributed by atoms with Gasteiger partial charge in [0.15, 0.2) is 0 Å². The molecule has 1 atom stereocenters. The molecular weight excluding hydrogens is 670 g/mol. The Balaban J connectivity index is 0.00000185. The fourth-order valence-corrected chi connectivity index (χ4v) is 5.05. The summed E-state index contributed by atoms with van der Waals surface area (Å²) in [6.07, 6.45) is 3.95. The number of benzene rings is 3. The summed E-state index contributed by atoms with van der Waals surface area (Å²) in [4.78, 5) is 10.8. The number of nitrogens with zero attached hydrogens (tertiary/aromatic N) is 4. The third-order valence-corrected chi connectivity index (χ3v) is 6.95. The van der Waals surface area contributed by atoms with E-state index in [0.29, 0.717) is 5.92 Å². The van der Waals surface area contributed by atoms with Crippen molar-refractivity contribution in [2.24, 2.45) is 10.9 Å². The molecule has 3 aromatic carbocycles. The number of hydrogen-bond donors (Lipinski definition) is 2. The normalized spacial score (nSPS) is 15.8. The summed E-state index contributed by atoms with van der Waals surface area (Å²) >= 11 is 0. The summed E-state index contributed by atoms with van der Waals surface area (Å²) in [5.41, 5.74) is 4.27. The maximum atomic E-state index is 10.3. The van der Waals surface area contributed by atoms with Crippen molar-refractivity contribution >= 4 is 5.65 Å². The predicted molar refractivity (Wildman–Crippen MR) is 153 cm³/mol. The predicted octanol–water partition coefficient (Wildman–Crippen LogP) is 5.89. The van der Waals surface area contributed by atoms with Crippen molar-refractivity contribution in [2.45, 2.75) is 19.4 Å². The Hall–Kier alpha value is -3.67. The number of phenolic OH excluding ortho intramolecular Hbond substituents is 1. The van der Waals surface area contributed by atoms with E-state index in [9.17, 15) is 5.11 Å². The molecule has 1 aliphatic heterocycles. The summed E-state index contributed by atoms with van der Waals surface area (Å²) in [5.74, 6) is 2.39. The van der Waals surface area contributed by atoms with Gasteiger partial charge in [0.05, 0.1) is 5.69 Å². The van der Waals surface area contributed by atoms with Crippen molar-refractivity contribution in [1.82, 2.24) is 19.5 Å². The molecule has 204 valence electrons. The van der Waals surface area contributed by atoms with Gasteiger partial charge < -0.3 is 28.3 Å². The van der Waals surface area contributed by atoms with E-state index >= 15 is 0 Å². The number of fused-ring (bicyclic) bond motifs is 1. The Morgan fingerprint density at radius 3 is 2.55 bits per heavy atom. The minimum atomic E-state index is 0. The summed E-state index contributed by atoms with van der Waals surface area (Å²) in [7, 11) is 0.